The fraction of sp³-hybridized carbons (Fsp3) is 0.320. The maximum atomic E-state index is 12.3. The van der Waals surface area contributed by atoms with Gasteiger partial charge in [-0.1, -0.05) is 18.2 Å². The van der Waals surface area contributed by atoms with Gasteiger partial charge >= 0.3 is 5.97 Å². The van der Waals surface area contributed by atoms with Gasteiger partial charge in [0, 0.05) is 5.38 Å². The van der Waals surface area contributed by atoms with Crippen LogP contribution < -0.4 is 10.1 Å². The highest BCUT2D eigenvalue weighted by molar-refractivity contribution is 7.07. The normalized spacial score (nSPS) is 13.7. The van der Waals surface area contributed by atoms with Gasteiger partial charge in [-0.2, -0.15) is 0 Å². The van der Waals surface area contributed by atoms with E-state index in [2.05, 4.69) is 28.5 Å². The van der Waals surface area contributed by atoms with Gasteiger partial charge in [-0.05, 0) is 73.6 Å². The lowest BCUT2D eigenvalue weighted by molar-refractivity contribution is -0.124. The van der Waals surface area contributed by atoms with Gasteiger partial charge in [0.05, 0.1) is 22.8 Å². The van der Waals surface area contributed by atoms with Gasteiger partial charge in [0.1, 0.15) is 12.4 Å². The monoisotopic (exact) mass is 450 g/mol. The molecule has 1 amide bonds. The van der Waals surface area contributed by atoms with E-state index in [0.717, 1.165) is 24.1 Å². The van der Waals surface area contributed by atoms with Gasteiger partial charge in [0.25, 0.3) is 5.91 Å². The highest BCUT2D eigenvalue weighted by Gasteiger charge is 2.16. The van der Waals surface area contributed by atoms with E-state index in [0.29, 0.717) is 17.9 Å². The Kier molecular flexibility index (Phi) is 7.17. The van der Waals surface area contributed by atoms with Crippen molar-refractivity contribution in [2.45, 2.75) is 45.3 Å². The Labute approximate surface area is 191 Å². The van der Waals surface area contributed by atoms with Crippen LogP contribution in [0.1, 0.15) is 58.5 Å². The minimum absolute atomic E-state index is 0.150. The van der Waals surface area contributed by atoms with Gasteiger partial charge in [-0.25, -0.2) is 9.78 Å². The minimum atomic E-state index is -0.548. The molecule has 0 saturated carbocycles. The van der Waals surface area contributed by atoms with Crippen molar-refractivity contribution in [3.05, 3.63) is 81.3 Å². The number of benzene rings is 2. The number of amides is 1. The maximum absolute atomic E-state index is 12.3. The fourth-order valence-electron chi connectivity index (χ4n) is 3.76. The molecule has 1 aliphatic carbocycles. The lowest BCUT2D eigenvalue weighted by Crippen LogP contribution is -2.31. The molecular weight excluding hydrogens is 424 g/mol. The number of nitrogens with zero attached hydrogens (tertiary/aromatic N) is 1. The molecule has 1 aromatic heterocycles. The van der Waals surface area contributed by atoms with Gasteiger partial charge < -0.3 is 14.8 Å². The van der Waals surface area contributed by atoms with Crippen molar-refractivity contribution in [3.8, 4) is 5.75 Å². The van der Waals surface area contributed by atoms with E-state index < -0.39 is 5.97 Å². The standard InChI is InChI=1S/C25H26N2O4S/c1-17(20-7-6-18-4-2-3-5-21(18)12-20)27-24(28)14-31-25(29)19-8-10-23(11-9-19)30-13-22-15-32-16-26-22/h6-12,15-17H,2-5,13-14H2,1H3,(H,27,28). The van der Waals surface area contributed by atoms with Crippen LogP contribution in [0.3, 0.4) is 0 Å². The quantitative estimate of drug-likeness (QED) is 0.506. The summed E-state index contributed by atoms with van der Waals surface area (Å²) in [6.07, 6.45) is 4.68. The van der Waals surface area contributed by atoms with Gasteiger partial charge in [-0.15, -0.1) is 11.3 Å². The van der Waals surface area contributed by atoms with Crippen LogP contribution in [-0.2, 0) is 29.0 Å². The number of carbonyl (C=O) groups excluding carboxylic acids is 2. The zero-order valence-corrected chi connectivity index (χ0v) is 18.8. The van der Waals surface area contributed by atoms with E-state index in [-0.39, 0.29) is 18.6 Å². The van der Waals surface area contributed by atoms with Crippen molar-refractivity contribution < 1.29 is 19.1 Å². The summed E-state index contributed by atoms with van der Waals surface area (Å²) in [4.78, 5) is 28.7. The number of aromatic nitrogens is 1. The van der Waals surface area contributed by atoms with E-state index in [9.17, 15) is 9.59 Å². The Morgan fingerprint density at radius 3 is 2.62 bits per heavy atom. The Bertz CT molecular complexity index is 1060. The first-order valence-electron chi connectivity index (χ1n) is 10.8. The number of hydrogen-bond donors (Lipinski definition) is 1. The van der Waals surface area contributed by atoms with Crippen LogP contribution in [0.5, 0.6) is 5.75 Å². The largest absolute Gasteiger partial charge is 0.487 e. The molecule has 0 aliphatic heterocycles. The molecule has 166 valence electrons. The van der Waals surface area contributed by atoms with Crippen molar-refractivity contribution in [1.82, 2.24) is 10.3 Å². The molecule has 0 fully saturated rings. The second kappa shape index (κ2) is 10.4. The van der Waals surface area contributed by atoms with Crippen LogP contribution >= 0.6 is 11.3 Å². The molecule has 0 spiro atoms. The summed E-state index contributed by atoms with van der Waals surface area (Å²) in [6.45, 7) is 1.99. The van der Waals surface area contributed by atoms with Crippen LogP contribution in [0.4, 0.5) is 0 Å². The predicted octanol–water partition coefficient (Wildman–Crippen LogP) is 4.64. The molecule has 6 nitrogen and oxygen atoms in total. The van der Waals surface area contributed by atoms with Crippen LogP contribution in [-0.4, -0.2) is 23.5 Å². The zero-order chi connectivity index (χ0) is 22.3. The number of fused-ring (bicyclic) bond motifs is 1. The Morgan fingerprint density at radius 1 is 1.09 bits per heavy atom. The zero-order valence-electron chi connectivity index (χ0n) is 18.0. The van der Waals surface area contributed by atoms with E-state index in [1.807, 2.05) is 12.3 Å². The number of esters is 1. The number of ether oxygens (including phenoxy) is 2. The SMILES string of the molecule is CC(NC(=O)COC(=O)c1ccc(OCc2cscn2)cc1)c1ccc2c(c1)CCCC2. The third-order valence-electron chi connectivity index (χ3n) is 5.54. The summed E-state index contributed by atoms with van der Waals surface area (Å²) >= 11 is 1.51. The highest BCUT2D eigenvalue weighted by Crippen LogP contribution is 2.24. The van der Waals surface area contributed by atoms with E-state index >= 15 is 0 Å². The van der Waals surface area contributed by atoms with Crippen LogP contribution in [0.2, 0.25) is 0 Å². The first-order chi connectivity index (χ1) is 15.6. The second-order valence-electron chi connectivity index (χ2n) is 7.89. The average molecular weight is 451 g/mol. The lowest BCUT2D eigenvalue weighted by atomic mass is 9.89. The van der Waals surface area contributed by atoms with Gasteiger partial charge in [-0.3, -0.25) is 4.79 Å². The summed E-state index contributed by atoms with van der Waals surface area (Å²) in [5.74, 6) is -0.245. The van der Waals surface area contributed by atoms with E-state index in [1.165, 1.54) is 35.3 Å². The van der Waals surface area contributed by atoms with E-state index in [1.54, 1.807) is 29.8 Å². The van der Waals surface area contributed by atoms with Crippen LogP contribution in [0.15, 0.2) is 53.4 Å². The third-order valence-corrected chi connectivity index (χ3v) is 6.18. The number of aryl methyl sites for hydroxylation is 2. The molecule has 7 heteroatoms. The molecule has 1 unspecified atom stereocenters. The molecule has 1 N–H and O–H groups in total. The van der Waals surface area contributed by atoms with E-state index in [4.69, 9.17) is 9.47 Å². The molecule has 0 radical (unpaired) electrons. The molecule has 2 aromatic carbocycles. The molecular formula is C25H26N2O4S. The smallest absolute Gasteiger partial charge is 0.338 e. The summed E-state index contributed by atoms with van der Waals surface area (Å²) in [6, 6.07) is 12.9. The Hall–Kier alpha value is -3.19. The summed E-state index contributed by atoms with van der Waals surface area (Å²) in [7, 11) is 0. The minimum Gasteiger partial charge on any atom is -0.487 e. The Balaban J connectivity index is 1.24. The van der Waals surface area contributed by atoms with Gasteiger partial charge in [0.15, 0.2) is 6.61 Å². The molecule has 0 saturated heterocycles. The van der Waals surface area contributed by atoms with Crippen molar-refractivity contribution in [2.24, 2.45) is 0 Å². The molecule has 1 aliphatic rings. The highest BCUT2D eigenvalue weighted by atomic mass is 32.1. The Morgan fingerprint density at radius 2 is 1.88 bits per heavy atom. The number of thiazole rings is 1. The van der Waals surface area contributed by atoms with Crippen molar-refractivity contribution in [3.63, 3.8) is 0 Å². The first kappa shape index (κ1) is 22.0. The maximum Gasteiger partial charge on any atom is 0.338 e. The molecule has 3 aromatic rings. The number of nitrogens with one attached hydrogen (secondary N) is 1. The summed E-state index contributed by atoms with van der Waals surface area (Å²) < 4.78 is 10.8. The summed E-state index contributed by atoms with van der Waals surface area (Å²) in [5.41, 5.74) is 6.82. The number of carbonyl (C=O) groups is 2. The number of hydrogen-bond acceptors (Lipinski definition) is 6. The molecule has 4 rings (SSSR count). The molecule has 1 atom stereocenters. The van der Waals surface area contributed by atoms with Crippen molar-refractivity contribution in [2.75, 3.05) is 6.61 Å². The van der Waals surface area contributed by atoms with Crippen LogP contribution in [0, 0.1) is 0 Å². The number of rotatable bonds is 8. The third kappa shape index (κ3) is 5.73. The average Bonchev–Trinajstić information content (AvgIpc) is 3.35. The first-order valence-corrected chi connectivity index (χ1v) is 11.7. The second-order valence-corrected chi connectivity index (χ2v) is 8.61. The van der Waals surface area contributed by atoms with Gasteiger partial charge in [0.2, 0.25) is 0 Å². The van der Waals surface area contributed by atoms with Crippen molar-refractivity contribution in [1.29, 1.82) is 0 Å². The molecule has 1 heterocycles. The fourth-order valence-corrected chi connectivity index (χ4v) is 4.30. The topological polar surface area (TPSA) is 77.5 Å². The van der Waals surface area contributed by atoms with Crippen molar-refractivity contribution >= 4 is 23.2 Å². The van der Waals surface area contributed by atoms with Crippen LogP contribution in [0.25, 0.3) is 0 Å². The molecule has 0 bridgehead atoms. The molecule has 32 heavy (non-hydrogen) atoms. The predicted molar refractivity (Wildman–Crippen MR) is 123 cm³/mol. The summed E-state index contributed by atoms with van der Waals surface area (Å²) in [5, 5.41) is 4.83. The lowest BCUT2D eigenvalue weighted by Gasteiger charge is -2.20.